The number of hydrogen-bond acceptors (Lipinski definition) is 3. The van der Waals surface area contributed by atoms with E-state index in [-0.39, 0.29) is 30.3 Å². The van der Waals surface area contributed by atoms with Gasteiger partial charge in [0, 0.05) is 31.7 Å². The van der Waals surface area contributed by atoms with Crippen LogP contribution in [-0.4, -0.2) is 49.7 Å². The molecule has 0 bridgehead atoms. The van der Waals surface area contributed by atoms with Gasteiger partial charge < -0.3 is 4.90 Å². The molecule has 1 fully saturated rings. The van der Waals surface area contributed by atoms with Crippen LogP contribution in [0.1, 0.15) is 21.5 Å². The second-order valence-electron chi connectivity index (χ2n) is 6.45. The molecule has 0 N–H and O–H groups in total. The number of benzene rings is 2. The van der Waals surface area contributed by atoms with Gasteiger partial charge in [0.15, 0.2) is 0 Å². The molecule has 1 aliphatic rings. The van der Waals surface area contributed by atoms with Gasteiger partial charge in [-0.2, -0.15) is 4.31 Å². The van der Waals surface area contributed by atoms with Gasteiger partial charge in [-0.15, -0.1) is 0 Å². The molecule has 2 aromatic rings. The summed E-state index contributed by atoms with van der Waals surface area (Å²) >= 11 is 0. The molecule has 3 rings (SSSR count). The number of carbonyl (C=O) groups is 1. The normalized spacial score (nSPS) is 15.8. The van der Waals surface area contributed by atoms with Crippen molar-refractivity contribution in [3.8, 4) is 0 Å². The van der Waals surface area contributed by atoms with E-state index < -0.39 is 15.8 Å². The summed E-state index contributed by atoms with van der Waals surface area (Å²) in [5.41, 5.74) is 2.05. The van der Waals surface area contributed by atoms with E-state index in [0.29, 0.717) is 13.1 Å². The first-order valence-electron chi connectivity index (χ1n) is 8.43. The molecule has 1 aliphatic heterocycles. The van der Waals surface area contributed by atoms with Crippen LogP contribution in [0.15, 0.2) is 48.5 Å². The Morgan fingerprint density at radius 2 is 1.73 bits per heavy atom. The molecule has 1 saturated heterocycles. The van der Waals surface area contributed by atoms with Gasteiger partial charge in [-0.1, -0.05) is 35.9 Å². The Balaban J connectivity index is 1.63. The Morgan fingerprint density at radius 1 is 1.04 bits per heavy atom. The molecule has 0 unspecified atom stereocenters. The third-order valence-electron chi connectivity index (χ3n) is 4.42. The molecule has 2 aromatic carbocycles. The van der Waals surface area contributed by atoms with Gasteiger partial charge in [-0.25, -0.2) is 12.8 Å². The standard InChI is InChI=1S/C19H21FN2O3S/c1-15-4-2-5-16(12-15)14-26(24,25)22-10-8-21(9-11-22)19(23)17-6-3-7-18(20)13-17/h2-7,12-13H,8-11,14H2,1H3. The molecule has 7 heteroatoms. The van der Waals surface area contributed by atoms with Crippen LogP contribution in [0, 0.1) is 12.7 Å². The van der Waals surface area contributed by atoms with Crippen molar-refractivity contribution in [2.45, 2.75) is 12.7 Å². The van der Waals surface area contributed by atoms with Gasteiger partial charge in [-0.05, 0) is 30.7 Å². The largest absolute Gasteiger partial charge is 0.336 e. The predicted octanol–water partition coefficient (Wildman–Crippen LogP) is 2.42. The third kappa shape index (κ3) is 4.28. The highest BCUT2D eigenvalue weighted by molar-refractivity contribution is 7.88. The smallest absolute Gasteiger partial charge is 0.254 e. The number of halogens is 1. The van der Waals surface area contributed by atoms with Crippen molar-refractivity contribution >= 4 is 15.9 Å². The highest BCUT2D eigenvalue weighted by Gasteiger charge is 2.29. The minimum Gasteiger partial charge on any atom is -0.336 e. The van der Waals surface area contributed by atoms with Crippen LogP contribution in [0.4, 0.5) is 4.39 Å². The number of piperazine rings is 1. The van der Waals surface area contributed by atoms with Crippen LogP contribution in [-0.2, 0) is 15.8 Å². The van der Waals surface area contributed by atoms with Crippen LogP contribution < -0.4 is 0 Å². The van der Waals surface area contributed by atoms with Crippen LogP contribution in [0.3, 0.4) is 0 Å². The fourth-order valence-electron chi connectivity index (χ4n) is 3.08. The van der Waals surface area contributed by atoms with E-state index in [4.69, 9.17) is 0 Å². The summed E-state index contributed by atoms with van der Waals surface area (Å²) in [6, 6.07) is 13.0. The topological polar surface area (TPSA) is 57.7 Å². The Bertz CT molecular complexity index is 907. The maximum absolute atomic E-state index is 13.3. The van der Waals surface area contributed by atoms with Crippen molar-refractivity contribution in [3.05, 3.63) is 71.0 Å². The monoisotopic (exact) mass is 376 g/mol. The fourth-order valence-corrected chi connectivity index (χ4v) is 4.58. The summed E-state index contributed by atoms with van der Waals surface area (Å²) in [7, 11) is -3.44. The number of nitrogens with zero attached hydrogens (tertiary/aromatic N) is 2. The second-order valence-corrected chi connectivity index (χ2v) is 8.42. The molecule has 0 aromatic heterocycles. The lowest BCUT2D eigenvalue weighted by molar-refractivity contribution is 0.0697. The number of amides is 1. The van der Waals surface area contributed by atoms with Crippen LogP contribution in [0.5, 0.6) is 0 Å². The molecule has 1 heterocycles. The van der Waals surface area contributed by atoms with Crippen LogP contribution >= 0.6 is 0 Å². The fraction of sp³-hybridized carbons (Fsp3) is 0.316. The van der Waals surface area contributed by atoms with E-state index in [2.05, 4.69) is 0 Å². The van der Waals surface area contributed by atoms with Crippen molar-refractivity contribution < 1.29 is 17.6 Å². The Kier molecular flexibility index (Phi) is 5.38. The van der Waals surface area contributed by atoms with Gasteiger partial charge in [0.25, 0.3) is 5.91 Å². The minimum atomic E-state index is -3.44. The molecule has 26 heavy (non-hydrogen) atoms. The maximum atomic E-state index is 13.3. The predicted molar refractivity (Wildman–Crippen MR) is 97.7 cm³/mol. The van der Waals surface area contributed by atoms with Gasteiger partial charge in [0.2, 0.25) is 10.0 Å². The summed E-state index contributed by atoms with van der Waals surface area (Å²) in [5.74, 6) is -0.789. The third-order valence-corrected chi connectivity index (χ3v) is 6.27. The SMILES string of the molecule is Cc1cccc(CS(=O)(=O)N2CCN(C(=O)c3cccc(F)c3)CC2)c1. The average molecular weight is 376 g/mol. The van der Waals surface area contributed by atoms with Crippen molar-refractivity contribution in [2.75, 3.05) is 26.2 Å². The summed E-state index contributed by atoms with van der Waals surface area (Å²) in [5, 5.41) is 0. The lowest BCUT2D eigenvalue weighted by atomic mass is 10.2. The minimum absolute atomic E-state index is 0.0491. The number of sulfonamides is 1. The maximum Gasteiger partial charge on any atom is 0.254 e. The van der Waals surface area contributed by atoms with Gasteiger partial charge in [0.05, 0.1) is 5.75 Å². The average Bonchev–Trinajstić information content (AvgIpc) is 2.61. The van der Waals surface area contributed by atoms with E-state index in [0.717, 1.165) is 11.1 Å². The molecular formula is C19H21FN2O3S. The molecule has 0 spiro atoms. The highest BCUT2D eigenvalue weighted by Crippen LogP contribution is 2.16. The first-order chi connectivity index (χ1) is 12.3. The van der Waals surface area contributed by atoms with Gasteiger partial charge in [0.1, 0.15) is 5.82 Å². The van der Waals surface area contributed by atoms with Crippen LogP contribution in [0.25, 0.3) is 0 Å². The molecule has 0 radical (unpaired) electrons. The Morgan fingerprint density at radius 3 is 2.38 bits per heavy atom. The molecule has 0 aliphatic carbocycles. The van der Waals surface area contributed by atoms with Crippen molar-refractivity contribution in [1.29, 1.82) is 0 Å². The van der Waals surface area contributed by atoms with Gasteiger partial charge in [-0.3, -0.25) is 4.79 Å². The lowest BCUT2D eigenvalue weighted by Gasteiger charge is -2.34. The van der Waals surface area contributed by atoms with E-state index in [1.165, 1.54) is 22.5 Å². The zero-order valence-corrected chi connectivity index (χ0v) is 15.4. The lowest BCUT2D eigenvalue weighted by Crippen LogP contribution is -2.50. The van der Waals surface area contributed by atoms with Gasteiger partial charge >= 0.3 is 0 Å². The number of carbonyl (C=O) groups excluding carboxylic acids is 1. The molecule has 0 saturated carbocycles. The first-order valence-corrected chi connectivity index (χ1v) is 10.0. The van der Waals surface area contributed by atoms with Crippen molar-refractivity contribution in [3.63, 3.8) is 0 Å². The molecule has 5 nitrogen and oxygen atoms in total. The molecule has 138 valence electrons. The van der Waals surface area contributed by atoms with E-state index in [1.807, 2.05) is 25.1 Å². The number of hydrogen-bond donors (Lipinski definition) is 0. The van der Waals surface area contributed by atoms with E-state index in [1.54, 1.807) is 17.0 Å². The first kappa shape index (κ1) is 18.5. The molecular weight excluding hydrogens is 355 g/mol. The van der Waals surface area contributed by atoms with E-state index in [9.17, 15) is 17.6 Å². The summed E-state index contributed by atoms with van der Waals surface area (Å²) < 4.78 is 40.0. The summed E-state index contributed by atoms with van der Waals surface area (Å²) in [4.78, 5) is 14.0. The number of aryl methyl sites for hydroxylation is 1. The quantitative estimate of drug-likeness (QED) is 0.823. The summed E-state index contributed by atoms with van der Waals surface area (Å²) in [6.07, 6.45) is 0. The van der Waals surface area contributed by atoms with Crippen molar-refractivity contribution in [1.82, 2.24) is 9.21 Å². The number of rotatable bonds is 4. The zero-order chi connectivity index (χ0) is 18.7. The Hall–Kier alpha value is -2.25. The summed E-state index contributed by atoms with van der Waals surface area (Å²) in [6.45, 7) is 3.00. The highest BCUT2D eigenvalue weighted by atomic mass is 32.2. The van der Waals surface area contributed by atoms with Crippen LogP contribution in [0.2, 0.25) is 0 Å². The zero-order valence-electron chi connectivity index (χ0n) is 14.6. The molecule has 0 atom stereocenters. The molecule has 1 amide bonds. The second kappa shape index (κ2) is 7.55. The Labute approximate surface area is 153 Å². The van der Waals surface area contributed by atoms with E-state index >= 15 is 0 Å². The van der Waals surface area contributed by atoms with Crippen molar-refractivity contribution in [2.24, 2.45) is 0 Å².